The van der Waals surface area contributed by atoms with Crippen molar-refractivity contribution in [2.75, 3.05) is 10.6 Å². The molecule has 0 radical (unpaired) electrons. The Morgan fingerprint density at radius 1 is 0.943 bits per heavy atom. The Bertz CT molecular complexity index is 1260. The minimum Gasteiger partial charge on any atom is -0.457 e. The summed E-state index contributed by atoms with van der Waals surface area (Å²) < 4.78 is 44.6. The third-order valence-electron chi connectivity index (χ3n) is 4.22. The van der Waals surface area contributed by atoms with E-state index in [4.69, 9.17) is 16.3 Å². The van der Waals surface area contributed by atoms with E-state index in [1.807, 2.05) is 0 Å². The molecule has 1 aromatic heterocycles. The average Bonchev–Trinajstić information content (AvgIpc) is 2.79. The molecule has 3 amide bonds. The van der Waals surface area contributed by atoms with Crippen LogP contribution in [0.15, 0.2) is 65.9 Å². The largest absolute Gasteiger partial charge is 0.457 e. The molecule has 3 aromatic rings. The van der Waals surface area contributed by atoms with E-state index in [-0.39, 0.29) is 11.4 Å². The van der Waals surface area contributed by atoms with Gasteiger partial charge in [-0.15, -0.1) is 0 Å². The molecule has 182 valence electrons. The van der Waals surface area contributed by atoms with Crippen LogP contribution in [0.1, 0.15) is 29.9 Å². The quantitative estimate of drug-likeness (QED) is 0.269. The first-order valence-corrected chi connectivity index (χ1v) is 10.4. The molecule has 0 fully saturated rings. The summed E-state index contributed by atoms with van der Waals surface area (Å²) in [4.78, 5) is 28.2. The van der Waals surface area contributed by atoms with Crippen LogP contribution in [-0.2, 0) is 6.18 Å². The lowest BCUT2D eigenvalue weighted by atomic mass is 10.2. The van der Waals surface area contributed by atoms with E-state index >= 15 is 0 Å². The topological polar surface area (TPSA) is 105 Å². The van der Waals surface area contributed by atoms with E-state index in [0.29, 0.717) is 22.9 Å². The van der Waals surface area contributed by atoms with E-state index in [9.17, 15) is 22.8 Å². The number of carbonyl (C=O) groups is 2. The van der Waals surface area contributed by atoms with Gasteiger partial charge in [-0.05, 0) is 62.4 Å². The van der Waals surface area contributed by atoms with Gasteiger partial charge < -0.3 is 15.4 Å². The SMILES string of the molecule is CC(C)=NNC(=O)c1cc(Oc2ccc(NC(=O)Nc3ccc(Cl)c(C(F)(F)F)c3)cc2)ccn1. The predicted octanol–water partition coefficient (Wildman–Crippen LogP) is 6.32. The summed E-state index contributed by atoms with van der Waals surface area (Å²) in [6.07, 6.45) is -3.24. The lowest BCUT2D eigenvalue weighted by molar-refractivity contribution is -0.137. The number of hydrogen-bond donors (Lipinski definition) is 3. The molecule has 0 aliphatic carbocycles. The Morgan fingerprint density at radius 3 is 2.26 bits per heavy atom. The number of rotatable bonds is 6. The van der Waals surface area contributed by atoms with Gasteiger partial charge in [-0.2, -0.15) is 18.3 Å². The highest BCUT2D eigenvalue weighted by atomic mass is 35.5. The molecule has 0 unspecified atom stereocenters. The fourth-order valence-electron chi connectivity index (χ4n) is 2.67. The Balaban J connectivity index is 1.61. The molecule has 0 aliphatic rings. The first kappa shape index (κ1) is 25.5. The van der Waals surface area contributed by atoms with Crippen molar-refractivity contribution in [1.29, 1.82) is 0 Å². The number of urea groups is 1. The van der Waals surface area contributed by atoms with Crippen molar-refractivity contribution in [1.82, 2.24) is 10.4 Å². The molecule has 0 atom stereocenters. The van der Waals surface area contributed by atoms with E-state index in [0.717, 1.165) is 12.1 Å². The van der Waals surface area contributed by atoms with E-state index in [2.05, 4.69) is 26.1 Å². The Hall–Kier alpha value is -4.12. The number of aromatic nitrogens is 1. The van der Waals surface area contributed by atoms with E-state index in [1.165, 1.54) is 30.5 Å². The zero-order chi connectivity index (χ0) is 25.6. The fourth-order valence-corrected chi connectivity index (χ4v) is 2.90. The van der Waals surface area contributed by atoms with E-state index in [1.54, 1.807) is 32.0 Å². The molecule has 3 rings (SSSR count). The highest BCUT2D eigenvalue weighted by Gasteiger charge is 2.33. The monoisotopic (exact) mass is 505 g/mol. The van der Waals surface area contributed by atoms with Gasteiger partial charge in [-0.25, -0.2) is 10.2 Å². The molecule has 0 bridgehead atoms. The highest BCUT2D eigenvalue weighted by Crippen LogP contribution is 2.36. The number of hydrogen-bond acceptors (Lipinski definition) is 5. The van der Waals surface area contributed by atoms with Gasteiger partial charge in [0.05, 0.1) is 10.6 Å². The number of alkyl halides is 3. The molecule has 3 N–H and O–H groups in total. The maximum absolute atomic E-state index is 13.0. The number of ether oxygens (including phenoxy) is 1. The van der Waals surface area contributed by atoms with Gasteiger partial charge in [-0.3, -0.25) is 9.78 Å². The molecule has 35 heavy (non-hydrogen) atoms. The Morgan fingerprint density at radius 2 is 1.60 bits per heavy atom. The van der Waals surface area contributed by atoms with Crippen molar-refractivity contribution in [3.8, 4) is 11.5 Å². The predicted molar refractivity (Wildman–Crippen MR) is 126 cm³/mol. The van der Waals surface area contributed by atoms with Crippen molar-refractivity contribution in [3.05, 3.63) is 77.1 Å². The Kier molecular flexibility index (Phi) is 7.92. The van der Waals surface area contributed by atoms with Gasteiger partial charge in [-0.1, -0.05) is 11.6 Å². The standard InChI is InChI=1S/C23H19ClF3N5O3/c1-13(2)31-32-21(33)20-12-17(9-10-28-20)35-16-6-3-14(4-7-16)29-22(34)30-15-5-8-19(24)18(11-15)23(25,26)27/h3-12H,1-2H3,(H,32,33)(H2,29,30,34). The van der Waals surface area contributed by atoms with Crippen molar-refractivity contribution >= 4 is 40.6 Å². The maximum atomic E-state index is 13.0. The molecule has 0 spiro atoms. The highest BCUT2D eigenvalue weighted by molar-refractivity contribution is 6.31. The number of amides is 3. The number of anilines is 2. The molecule has 0 saturated carbocycles. The molecule has 1 heterocycles. The van der Waals surface area contributed by atoms with Gasteiger partial charge in [0.25, 0.3) is 5.91 Å². The van der Waals surface area contributed by atoms with Crippen LogP contribution in [0.4, 0.5) is 29.3 Å². The molecule has 0 aliphatic heterocycles. The number of halogens is 4. The van der Waals surface area contributed by atoms with Crippen LogP contribution in [0, 0.1) is 0 Å². The van der Waals surface area contributed by atoms with Crippen molar-refractivity contribution in [3.63, 3.8) is 0 Å². The normalized spacial score (nSPS) is 10.8. The smallest absolute Gasteiger partial charge is 0.417 e. The first-order valence-electron chi connectivity index (χ1n) is 10.0. The number of benzene rings is 2. The number of nitrogens with zero attached hydrogens (tertiary/aromatic N) is 2. The van der Waals surface area contributed by atoms with Gasteiger partial charge in [0.2, 0.25) is 0 Å². The van der Waals surface area contributed by atoms with Crippen molar-refractivity contribution < 1.29 is 27.5 Å². The maximum Gasteiger partial charge on any atom is 0.417 e. The molecule has 0 saturated heterocycles. The number of carbonyl (C=O) groups excluding carboxylic acids is 2. The third kappa shape index (κ3) is 7.44. The number of hydrazone groups is 1. The van der Waals surface area contributed by atoms with Crippen LogP contribution in [0.25, 0.3) is 0 Å². The van der Waals surface area contributed by atoms with Gasteiger partial charge in [0, 0.05) is 29.3 Å². The summed E-state index contributed by atoms with van der Waals surface area (Å²) in [5.74, 6) is 0.262. The summed E-state index contributed by atoms with van der Waals surface area (Å²) in [6.45, 7) is 3.47. The zero-order valence-corrected chi connectivity index (χ0v) is 19.2. The Labute approximate surface area is 203 Å². The summed E-state index contributed by atoms with van der Waals surface area (Å²) >= 11 is 5.58. The van der Waals surface area contributed by atoms with Crippen molar-refractivity contribution in [2.24, 2.45) is 5.10 Å². The summed E-state index contributed by atoms with van der Waals surface area (Å²) in [5.41, 5.74) is 2.39. The van der Waals surface area contributed by atoms with Crippen LogP contribution in [0.2, 0.25) is 5.02 Å². The molecular weight excluding hydrogens is 487 g/mol. The second-order valence-corrected chi connectivity index (χ2v) is 7.68. The van der Waals surface area contributed by atoms with Gasteiger partial charge in [0.1, 0.15) is 17.2 Å². The fraction of sp³-hybridized carbons (Fsp3) is 0.130. The van der Waals surface area contributed by atoms with Crippen LogP contribution in [0.5, 0.6) is 11.5 Å². The summed E-state index contributed by atoms with van der Waals surface area (Å²) in [7, 11) is 0. The van der Waals surface area contributed by atoms with Crippen LogP contribution in [0.3, 0.4) is 0 Å². The van der Waals surface area contributed by atoms with Gasteiger partial charge >= 0.3 is 12.2 Å². The second kappa shape index (κ2) is 10.9. The molecule has 2 aromatic carbocycles. The molecule has 8 nitrogen and oxygen atoms in total. The minimum atomic E-state index is -4.65. The van der Waals surface area contributed by atoms with Crippen LogP contribution < -0.4 is 20.8 Å². The third-order valence-corrected chi connectivity index (χ3v) is 4.55. The molecular formula is C23H19ClF3N5O3. The van der Waals surface area contributed by atoms with E-state index < -0.39 is 28.7 Å². The average molecular weight is 506 g/mol. The van der Waals surface area contributed by atoms with Gasteiger partial charge in [0.15, 0.2) is 0 Å². The molecule has 12 heteroatoms. The minimum absolute atomic E-state index is 0.0727. The lowest BCUT2D eigenvalue weighted by Crippen LogP contribution is -2.20. The zero-order valence-electron chi connectivity index (χ0n) is 18.4. The van der Waals surface area contributed by atoms with Crippen LogP contribution in [-0.4, -0.2) is 22.6 Å². The summed E-state index contributed by atoms with van der Waals surface area (Å²) in [6, 6.07) is 11.5. The number of pyridine rings is 1. The summed E-state index contributed by atoms with van der Waals surface area (Å²) in [5, 5.41) is 8.20. The van der Waals surface area contributed by atoms with Crippen molar-refractivity contribution in [2.45, 2.75) is 20.0 Å². The van der Waals surface area contributed by atoms with Crippen LogP contribution >= 0.6 is 11.6 Å². The lowest BCUT2D eigenvalue weighted by Gasteiger charge is -2.12. The second-order valence-electron chi connectivity index (χ2n) is 7.27. The first-order chi connectivity index (χ1) is 16.5. The number of nitrogens with one attached hydrogen (secondary N) is 3.